The summed E-state index contributed by atoms with van der Waals surface area (Å²) in [5.74, 6) is 0.503. The summed E-state index contributed by atoms with van der Waals surface area (Å²) in [6.07, 6.45) is 3.44. The van der Waals surface area contributed by atoms with Crippen molar-refractivity contribution < 1.29 is 19.6 Å². The van der Waals surface area contributed by atoms with Gasteiger partial charge in [-0.1, -0.05) is 49.2 Å². The maximum Gasteiger partial charge on any atom is 0.488 e. The van der Waals surface area contributed by atoms with Gasteiger partial charge >= 0.3 is 7.12 Å². The Balaban J connectivity index is 1.78. The molecule has 0 aliphatic carbocycles. The maximum atomic E-state index is 12.3. The maximum absolute atomic E-state index is 12.3. The fraction of sp³-hybridized carbons (Fsp3) is 0.182. The first-order valence-corrected chi connectivity index (χ1v) is 10.4. The molecule has 31 heavy (non-hydrogen) atoms. The average molecular weight is 459 g/mol. The Morgan fingerprint density at radius 3 is 2.45 bits per heavy atom. The molecule has 0 aliphatic heterocycles. The van der Waals surface area contributed by atoms with Gasteiger partial charge in [-0.15, -0.1) is 0 Å². The molecule has 0 spiro atoms. The van der Waals surface area contributed by atoms with Crippen LogP contribution in [0.5, 0.6) is 11.5 Å². The molecule has 160 valence electrons. The normalized spacial score (nSPS) is 10.8. The van der Waals surface area contributed by atoms with E-state index in [0.717, 1.165) is 11.1 Å². The van der Waals surface area contributed by atoms with E-state index >= 15 is 0 Å². The first-order chi connectivity index (χ1) is 14.7. The SMILES string of the molecule is CC(C)c1cc(Oc2c(Cl)cc(NC(=O)Cc3cccnc3)cc2Cl)ccc1B(O)O. The molecule has 6 nitrogen and oxygen atoms in total. The number of carbonyl (C=O) groups excluding carboxylic acids is 1. The lowest BCUT2D eigenvalue weighted by Gasteiger charge is -2.16. The van der Waals surface area contributed by atoms with Gasteiger partial charge in [-0.05, 0) is 52.8 Å². The highest BCUT2D eigenvalue weighted by Gasteiger charge is 2.20. The van der Waals surface area contributed by atoms with Crippen LogP contribution in [0.25, 0.3) is 0 Å². The summed E-state index contributed by atoms with van der Waals surface area (Å²) in [7, 11) is -1.58. The molecule has 1 aromatic heterocycles. The van der Waals surface area contributed by atoms with E-state index in [1.165, 1.54) is 0 Å². The number of pyridine rings is 1. The number of nitrogens with zero attached hydrogens (tertiary/aromatic N) is 1. The second kappa shape index (κ2) is 10.2. The number of aromatic nitrogens is 1. The van der Waals surface area contributed by atoms with E-state index in [0.29, 0.717) is 16.9 Å². The summed E-state index contributed by atoms with van der Waals surface area (Å²) < 4.78 is 5.87. The number of carbonyl (C=O) groups is 1. The quantitative estimate of drug-likeness (QED) is 0.462. The minimum absolute atomic E-state index is 0.0451. The fourth-order valence-electron chi connectivity index (χ4n) is 3.09. The van der Waals surface area contributed by atoms with Crippen molar-refractivity contribution in [2.24, 2.45) is 0 Å². The van der Waals surface area contributed by atoms with E-state index in [4.69, 9.17) is 27.9 Å². The zero-order valence-electron chi connectivity index (χ0n) is 17.0. The Hall–Kier alpha value is -2.58. The number of halogens is 2. The highest BCUT2D eigenvalue weighted by Crippen LogP contribution is 2.39. The van der Waals surface area contributed by atoms with Crippen molar-refractivity contribution in [3.63, 3.8) is 0 Å². The summed E-state index contributed by atoms with van der Waals surface area (Å²) >= 11 is 12.7. The van der Waals surface area contributed by atoms with Crippen LogP contribution in [0, 0.1) is 0 Å². The highest BCUT2D eigenvalue weighted by atomic mass is 35.5. The van der Waals surface area contributed by atoms with Crippen LogP contribution in [0.2, 0.25) is 10.0 Å². The van der Waals surface area contributed by atoms with Gasteiger partial charge < -0.3 is 20.1 Å². The van der Waals surface area contributed by atoms with Gasteiger partial charge in [0.1, 0.15) is 5.75 Å². The van der Waals surface area contributed by atoms with Gasteiger partial charge in [-0.25, -0.2) is 0 Å². The predicted molar refractivity (Wildman–Crippen MR) is 123 cm³/mol. The van der Waals surface area contributed by atoms with E-state index in [9.17, 15) is 14.8 Å². The van der Waals surface area contributed by atoms with Crippen molar-refractivity contribution in [2.45, 2.75) is 26.2 Å². The molecular formula is C22H21BCl2N2O4. The van der Waals surface area contributed by atoms with E-state index < -0.39 is 7.12 Å². The molecule has 0 unspecified atom stereocenters. The lowest BCUT2D eigenvalue weighted by Crippen LogP contribution is -2.33. The highest BCUT2D eigenvalue weighted by molar-refractivity contribution is 6.59. The van der Waals surface area contributed by atoms with Crippen molar-refractivity contribution in [2.75, 3.05) is 5.32 Å². The third-order valence-electron chi connectivity index (χ3n) is 4.55. The topological polar surface area (TPSA) is 91.7 Å². The molecule has 2 aromatic carbocycles. The molecule has 0 aliphatic rings. The Morgan fingerprint density at radius 1 is 1.16 bits per heavy atom. The summed E-state index contributed by atoms with van der Waals surface area (Å²) in [5, 5.41) is 22.3. The molecule has 9 heteroatoms. The van der Waals surface area contributed by atoms with Crippen LogP contribution in [-0.2, 0) is 11.2 Å². The lowest BCUT2D eigenvalue weighted by molar-refractivity contribution is -0.115. The Morgan fingerprint density at radius 2 is 1.87 bits per heavy atom. The second-order valence-corrected chi connectivity index (χ2v) is 8.09. The van der Waals surface area contributed by atoms with E-state index in [1.54, 1.807) is 48.8 Å². The van der Waals surface area contributed by atoms with Crippen molar-refractivity contribution in [1.82, 2.24) is 4.98 Å². The molecule has 3 rings (SSSR count). The minimum atomic E-state index is -1.58. The molecule has 3 aromatic rings. The van der Waals surface area contributed by atoms with Crippen molar-refractivity contribution in [1.29, 1.82) is 0 Å². The predicted octanol–water partition coefficient (Wildman–Crippen LogP) is 4.17. The third-order valence-corrected chi connectivity index (χ3v) is 5.11. The molecule has 1 amide bonds. The number of hydrogen-bond acceptors (Lipinski definition) is 5. The molecule has 0 saturated carbocycles. The Kier molecular flexibility index (Phi) is 7.57. The fourth-order valence-corrected chi connectivity index (χ4v) is 3.66. The van der Waals surface area contributed by atoms with E-state index in [-0.39, 0.29) is 34.0 Å². The van der Waals surface area contributed by atoms with Gasteiger partial charge in [0, 0.05) is 18.1 Å². The van der Waals surface area contributed by atoms with E-state index in [1.807, 2.05) is 19.9 Å². The molecule has 1 heterocycles. The van der Waals surface area contributed by atoms with Gasteiger partial charge in [0.05, 0.1) is 16.5 Å². The minimum Gasteiger partial charge on any atom is -0.454 e. The first-order valence-electron chi connectivity index (χ1n) is 9.60. The van der Waals surface area contributed by atoms with Gasteiger partial charge in [-0.3, -0.25) is 9.78 Å². The van der Waals surface area contributed by atoms with Gasteiger partial charge in [-0.2, -0.15) is 0 Å². The molecule has 0 bridgehead atoms. The summed E-state index contributed by atoms with van der Waals surface area (Å²) in [4.78, 5) is 16.3. The first kappa shape index (κ1) is 23.1. The number of rotatable bonds is 7. The number of anilines is 1. The zero-order valence-corrected chi connectivity index (χ0v) is 18.5. The monoisotopic (exact) mass is 458 g/mol. The van der Waals surface area contributed by atoms with Crippen molar-refractivity contribution in [3.8, 4) is 11.5 Å². The smallest absolute Gasteiger partial charge is 0.454 e. The average Bonchev–Trinajstić information content (AvgIpc) is 2.71. The van der Waals surface area contributed by atoms with E-state index in [2.05, 4.69) is 10.3 Å². The molecule has 0 atom stereocenters. The van der Waals surface area contributed by atoms with Gasteiger partial charge in [0.2, 0.25) is 5.91 Å². The van der Waals surface area contributed by atoms with Gasteiger partial charge in [0.15, 0.2) is 5.75 Å². The van der Waals surface area contributed by atoms with Crippen LogP contribution in [0.1, 0.15) is 30.9 Å². The summed E-state index contributed by atoms with van der Waals surface area (Å²) in [5.41, 5.74) is 2.37. The number of nitrogens with one attached hydrogen (secondary N) is 1. The number of hydrogen-bond donors (Lipinski definition) is 3. The molecular weight excluding hydrogens is 438 g/mol. The molecule has 0 radical (unpaired) electrons. The second-order valence-electron chi connectivity index (χ2n) is 7.28. The summed E-state index contributed by atoms with van der Waals surface area (Å²) in [6, 6.07) is 11.6. The number of amides is 1. The Bertz CT molecular complexity index is 1060. The van der Waals surface area contributed by atoms with Crippen LogP contribution in [0.3, 0.4) is 0 Å². The van der Waals surface area contributed by atoms with Crippen LogP contribution in [0.15, 0.2) is 54.9 Å². The summed E-state index contributed by atoms with van der Waals surface area (Å²) in [6.45, 7) is 3.88. The van der Waals surface area contributed by atoms with Crippen molar-refractivity contribution in [3.05, 3.63) is 76.0 Å². The van der Waals surface area contributed by atoms with Gasteiger partial charge in [0.25, 0.3) is 0 Å². The van der Waals surface area contributed by atoms with Crippen LogP contribution >= 0.6 is 23.2 Å². The largest absolute Gasteiger partial charge is 0.488 e. The molecule has 0 fully saturated rings. The van der Waals surface area contributed by atoms with Crippen LogP contribution < -0.4 is 15.5 Å². The number of ether oxygens (including phenoxy) is 1. The van der Waals surface area contributed by atoms with Crippen LogP contribution in [-0.4, -0.2) is 28.1 Å². The lowest BCUT2D eigenvalue weighted by atomic mass is 9.74. The van der Waals surface area contributed by atoms with Crippen molar-refractivity contribution >= 4 is 47.4 Å². The molecule has 3 N–H and O–H groups in total. The Labute approximate surface area is 191 Å². The number of benzene rings is 2. The molecule has 0 saturated heterocycles. The zero-order chi connectivity index (χ0) is 22.5. The third kappa shape index (κ3) is 5.99. The standard InChI is InChI=1S/C22H21BCl2N2O4/c1-13(2)17-11-16(5-6-18(17)23(29)30)31-22-19(24)9-15(10-20(22)25)27-21(28)8-14-4-3-7-26-12-14/h3-7,9-13,29-30H,8H2,1-2H3,(H,27,28). The van der Waals surface area contributed by atoms with Crippen LogP contribution in [0.4, 0.5) is 5.69 Å².